The summed E-state index contributed by atoms with van der Waals surface area (Å²) in [4.78, 5) is 25.6. The summed E-state index contributed by atoms with van der Waals surface area (Å²) >= 11 is 0. The fourth-order valence-corrected chi connectivity index (χ4v) is 3.49. The lowest BCUT2D eigenvalue weighted by molar-refractivity contribution is -0.139. The molecule has 7 heteroatoms. The number of phenolic OH excluding ortho intramolecular Hbond substituents is 1. The lowest BCUT2D eigenvalue weighted by atomic mass is 9.85. The maximum absolute atomic E-state index is 12.5. The fraction of sp³-hybridized carbons (Fsp3) is 0.579. The number of aliphatic carboxylic acids is 1. The van der Waals surface area contributed by atoms with Crippen LogP contribution in [0.15, 0.2) is 12.1 Å². The van der Waals surface area contributed by atoms with Gasteiger partial charge in [-0.25, -0.2) is 0 Å². The van der Waals surface area contributed by atoms with E-state index in [2.05, 4.69) is 5.32 Å². The summed E-state index contributed by atoms with van der Waals surface area (Å²) in [5.74, 6) is -0.402. The zero-order valence-electron chi connectivity index (χ0n) is 15.2. The molecule has 0 aromatic heterocycles. The van der Waals surface area contributed by atoms with Crippen molar-refractivity contribution in [3.63, 3.8) is 0 Å². The summed E-state index contributed by atoms with van der Waals surface area (Å²) in [5.41, 5.74) is 1.03. The zero-order chi connectivity index (χ0) is 18.8. The molecule has 0 radical (unpaired) electrons. The van der Waals surface area contributed by atoms with Crippen molar-refractivity contribution >= 4 is 11.9 Å². The van der Waals surface area contributed by atoms with Gasteiger partial charge in [0.15, 0.2) is 11.5 Å². The third kappa shape index (κ3) is 4.27. The maximum Gasteiger partial charge on any atom is 0.317 e. The van der Waals surface area contributed by atoms with Crippen LogP contribution in [0, 0.1) is 12.8 Å². The quantitative estimate of drug-likeness (QED) is 0.652. The monoisotopic (exact) mass is 362 g/mol. The first-order chi connectivity index (χ1) is 12.4. The molecule has 0 unspecified atom stereocenters. The Morgan fingerprint density at radius 3 is 2.58 bits per heavy atom. The molecule has 2 saturated carbocycles. The molecular weight excluding hydrogens is 336 g/mol. The number of methoxy groups -OCH3 is 1. The highest BCUT2D eigenvalue weighted by Gasteiger charge is 2.38. The number of nitrogens with one attached hydrogen (secondary N) is 1. The average molecular weight is 362 g/mol. The Labute approximate surface area is 152 Å². The van der Waals surface area contributed by atoms with Crippen LogP contribution in [0.2, 0.25) is 0 Å². The van der Waals surface area contributed by atoms with Crippen LogP contribution in [0.4, 0.5) is 0 Å². The number of carbonyl (C=O) groups excluding carboxylic acids is 1. The van der Waals surface area contributed by atoms with Crippen LogP contribution in [-0.2, 0) is 4.79 Å². The van der Waals surface area contributed by atoms with Gasteiger partial charge in [-0.1, -0.05) is 0 Å². The summed E-state index contributed by atoms with van der Waals surface area (Å²) in [6, 6.07) is 3.49. The van der Waals surface area contributed by atoms with Gasteiger partial charge in [-0.2, -0.15) is 0 Å². The molecule has 1 amide bonds. The van der Waals surface area contributed by atoms with E-state index in [-0.39, 0.29) is 41.6 Å². The highest BCUT2D eigenvalue weighted by molar-refractivity contribution is 5.98. The van der Waals surface area contributed by atoms with Crippen molar-refractivity contribution in [2.75, 3.05) is 20.2 Å². The average Bonchev–Trinajstić information content (AvgIpc) is 3.35. The highest BCUT2D eigenvalue weighted by Crippen LogP contribution is 2.35. The van der Waals surface area contributed by atoms with Gasteiger partial charge >= 0.3 is 5.97 Å². The Morgan fingerprint density at radius 1 is 1.31 bits per heavy atom. The zero-order valence-corrected chi connectivity index (χ0v) is 15.2. The number of aryl methyl sites for hydroxylation is 1. The normalized spacial score (nSPS) is 22.0. The number of carbonyl (C=O) groups is 2. The predicted octanol–water partition coefficient (Wildman–Crippen LogP) is 1.77. The Bertz CT molecular complexity index is 695. The molecule has 7 nitrogen and oxygen atoms in total. The van der Waals surface area contributed by atoms with Crippen LogP contribution in [0.25, 0.3) is 0 Å². The number of amides is 1. The minimum atomic E-state index is -0.810. The van der Waals surface area contributed by atoms with Crippen molar-refractivity contribution in [1.82, 2.24) is 10.2 Å². The van der Waals surface area contributed by atoms with Crippen LogP contribution in [0.5, 0.6) is 11.5 Å². The van der Waals surface area contributed by atoms with Gasteiger partial charge in [0.2, 0.25) is 0 Å². The highest BCUT2D eigenvalue weighted by atomic mass is 16.5. The fourth-order valence-electron chi connectivity index (χ4n) is 3.49. The molecule has 1 aromatic carbocycles. The lowest BCUT2D eigenvalue weighted by Crippen LogP contribution is -2.55. The van der Waals surface area contributed by atoms with Crippen molar-refractivity contribution in [3.8, 4) is 11.5 Å². The van der Waals surface area contributed by atoms with Crippen molar-refractivity contribution in [3.05, 3.63) is 23.3 Å². The molecule has 0 spiro atoms. The smallest absolute Gasteiger partial charge is 0.317 e. The first-order valence-electron chi connectivity index (χ1n) is 9.01. The van der Waals surface area contributed by atoms with Gasteiger partial charge in [0.1, 0.15) is 0 Å². The third-order valence-electron chi connectivity index (χ3n) is 5.18. The Hall–Kier alpha value is -2.28. The SMILES string of the molecule is COc1cc(C)cc(C(=O)NC2CC(N(CC(=O)O)CC3CC3)C2)c1O. The van der Waals surface area contributed by atoms with E-state index in [1.165, 1.54) is 20.0 Å². The molecule has 142 valence electrons. The Kier molecular flexibility index (Phi) is 5.36. The Morgan fingerprint density at radius 2 is 2.00 bits per heavy atom. The van der Waals surface area contributed by atoms with E-state index in [1.807, 2.05) is 11.8 Å². The molecule has 0 atom stereocenters. The molecule has 2 fully saturated rings. The first kappa shape index (κ1) is 18.5. The van der Waals surface area contributed by atoms with Gasteiger partial charge in [0.25, 0.3) is 5.91 Å². The minimum absolute atomic E-state index is 0.00564. The van der Waals surface area contributed by atoms with Gasteiger partial charge in [-0.05, 0) is 56.2 Å². The number of hydrogen-bond donors (Lipinski definition) is 3. The van der Waals surface area contributed by atoms with Crippen molar-refractivity contribution in [2.24, 2.45) is 5.92 Å². The molecule has 1 aromatic rings. The second-order valence-electron chi connectivity index (χ2n) is 7.43. The van der Waals surface area contributed by atoms with E-state index in [4.69, 9.17) is 9.84 Å². The molecule has 3 rings (SSSR count). The summed E-state index contributed by atoms with van der Waals surface area (Å²) in [6.45, 7) is 2.71. The summed E-state index contributed by atoms with van der Waals surface area (Å²) in [6.07, 6.45) is 3.82. The van der Waals surface area contributed by atoms with Gasteiger partial charge in [-0.3, -0.25) is 14.5 Å². The van der Waals surface area contributed by atoms with Gasteiger partial charge in [0, 0.05) is 18.6 Å². The number of carboxylic acid groups (broad SMARTS) is 1. The van der Waals surface area contributed by atoms with E-state index in [0.717, 1.165) is 24.9 Å². The van der Waals surface area contributed by atoms with Gasteiger partial charge in [-0.15, -0.1) is 0 Å². The molecule has 0 bridgehead atoms. The van der Waals surface area contributed by atoms with E-state index < -0.39 is 5.97 Å². The maximum atomic E-state index is 12.5. The van der Waals surface area contributed by atoms with Crippen LogP contribution in [0.1, 0.15) is 41.6 Å². The molecule has 0 aliphatic heterocycles. The van der Waals surface area contributed by atoms with Crippen LogP contribution >= 0.6 is 0 Å². The van der Waals surface area contributed by atoms with Gasteiger partial charge < -0.3 is 20.3 Å². The first-order valence-corrected chi connectivity index (χ1v) is 9.01. The van der Waals surface area contributed by atoms with Crippen LogP contribution in [-0.4, -0.2) is 59.3 Å². The van der Waals surface area contributed by atoms with E-state index in [9.17, 15) is 14.7 Å². The third-order valence-corrected chi connectivity index (χ3v) is 5.18. The van der Waals surface area contributed by atoms with E-state index in [1.54, 1.807) is 12.1 Å². The number of hydrogen-bond acceptors (Lipinski definition) is 5. The predicted molar refractivity (Wildman–Crippen MR) is 95.6 cm³/mol. The summed E-state index contributed by atoms with van der Waals surface area (Å²) in [5, 5.41) is 22.2. The number of phenols is 1. The van der Waals surface area contributed by atoms with E-state index in [0.29, 0.717) is 5.92 Å². The molecule has 3 N–H and O–H groups in total. The number of ether oxygens (including phenoxy) is 1. The minimum Gasteiger partial charge on any atom is -0.504 e. The standard InChI is InChI=1S/C19H26N2O5/c1-11-5-15(18(24)16(6-11)26-2)19(25)20-13-7-14(8-13)21(10-17(22)23)9-12-3-4-12/h5-6,12-14,24H,3-4,7-10H2,1-2H3,(H,20,25)(H,22,23). The molecule has 26 heavy (non-hydrogen) atoms. The second-order valence-corrected chi connectivity index (χ2v) is 7.43. The molecule has 0 saturated heterocycles. The molecule has 0 heterocycles. The largest absolute Gasteiger partial charge is 0.504 e. The van der Waals surface area contributed by atoms with Crippen LogP contribution in [0.3, 0.4) is 0 Å². The summed E-state index contributed by atoms with van der Waals surface area (Å²) in [7, 11) is 1.45. The lowest BCUT2D eigenvalue weighted by Gasteiger charge is -2.42. The number of rotatable bonds is 8. The number of benzene rings is 1. The van der Waals surface area contributed by atoms with Crippen molar-refractivity contribution < 1.29 is 24.5 Å². The second kappa shape index (κ2) is 7.53. The molecular formula is C19H26N2O5. The topological polar surface area (TPSA) is 99.1 Å². The Balaban J connectivity index is 1.57. The molecule has 2 aliphatic carbocycles. The number of aromatic hydroxyl groups is 1. The number of nitrogens with zero attached hydrogens (tertiary/aromatic N) is 1. The van der Waals surface area contributed by atoms with Gasteiger partial charge in [0.05, 0.1) is 19.2 Å². The molecule has 2 aliphatic rings. The van der Waals surface area contributed by atoms with Crippen molar-refractivity contribution in [2.45, 2.75) is 44.7 Å². The van der Waals surface area contributed by atoms with E-state index >= 15 is 0 Å². The number of carboxylic acids is 1. The van der Waals surface area contributed by atoms with Crippen molar-refractivity contribution in [1.29, 1.82) is 0 Å². The summed E-state index contributed by atoms with van der Waals surface area (Å²) < 4.78 is 5.10. The van der Waals surface area contributed by atoms with Crippen LogP contribution < -0.4 is 10.1 Å².